The molecule has 0 radical (unpaired) electrons. The quantitative estimate of drug-likeness (QED) is 0.870. The van der Waals surface area contributed by atoms with Crippen LogP contribution in [0.2, 0.25) is 0 Å². The Bertz CT molecular complexity index is 517. The first kappa shape index (κ1) is 12.1. The minimum absolute atomic E-state index is 0.318. The van der Waals surface area contributed by atoms with Crippen LogP contribution in [0.1, 0.15) is 31.1 Å². The summed E-state index contributed by atoms with van der Waals surface area (Å²) in [5.74, 6) is 0.535. The van der Waals surface area contributed by atoms with Gasteiger partial charge in [0.15, 0.2) is 0 Å². The lowest BCUT2D eigenvalue weighted by Crippen LogP contribution is -2.22. The summed E-state index contributed by atoms with van der Waals surface area (Å²) in [6, 6.07) is 10.8. The predicted octanol–water partition coefficient (Wildman–Crippen LogP) is 3.46. The van der Waals surface area contributed by atoms with E-state index in [1.165, 1.54) is 10.9 Å². The number of benzene rings is 1. The van der Waals surface area contributed by atoms with Crippen LogP contribution < -0.4 is 5.32 Å². The van der Waals surface area contributed by atoms with Crippen molar-refractivity contribution in [3.8, 4) is 0 Å². The molecular weight excluding hydrogens is 208 g/mol. The molecule has 0 amide bonds. The van der Waals surface area contributed by atoms with Crippen molar-refractivity contribution in [2.24, 2.45) is 5.92 Å². The first-order valence-corrected chi connectivity index (χ1v) is 6.17. The van der Waals surface area contributed by atoms with Crippen molar-refractivity contribution in [3.05, 3.63) is 41.6 Å². The van der Waals surface area contributed by atoms with Crippen LogP contribution in [0, 0.1) is 12.8 Å². The highest BCUT2D eigenvalue weighted by Gasteiger charge is 2.16. The highest BCUT2D eigenvalue weighted by molar-refractivity contribution is 5.82. The first-order valence-electron chi connectivity index (χ1n) is 6.17. The third-order valence-corrected chi connectivity index (χ3v) is 3.24. The van der Waals surface area contributed by atoms with Gasteiger partial charge in [0, 0.05) is 5.39 Å². The summed E-state index contributed by atoms with van der Waals surface area (Å²) in [7, 11) is 2.00. The van der Waals surface area contributed by atoms with Gasteiger partial charge in [-0.15, -0.1) is 0 Å². The average Bonchev–Trinajstić information content (AvgIpc) is 2.29. The molecule has 17 heavy (non-hydrogen) atoms. The number of aryl methyl sites for hydroxylation is 1. The lowest BCUT2D eigenvalue weighted by molar-refractivity contribution is 0.434. The summed E-state index contributed by atoms with van der Waals surface area (Å²) < 4.78 is 0. The van der Waals surface area contributed by atoms with Crippen molar-refractivity contribution < 1.29 is 0 Å². The van der Waals surface area contributed by atoms with Gasteiger partial charge in [0.1, 0.15) is 0 Å². The van der Waals surface area contributed by atoms with Crippen LogP contribution in [0.25, 0.3) is 10.9 Å². The van der Waals surface area contributed by atoms with E-state index in [1.54, 1.807) is 0 Å². The highest BCUT2D eigenvalue weighted by Crippen LogP contribution is 2.24. The van der Waals surface area contributed by atoms with Crippen LogP contribution >= 0.6 is 0 Å². The van der Waals surface area contributed by atoms with Crippen molar-refractivity contribution >= 4 is 10.9 Å². The first-order chi connectivity index (χ1) is 8.13. The molecule has 1 unspecified atom stereocenters. The second-order valence-electron chi connectivity index (χ2n) is 4.89. The molecule has 0 spiro atoms. The number of hydrogen-bond donors (Lipinski definition) is 1. The fraction of sp³-hybridized carbons (Fsp3) is 0.400. The minimum Gasteiger partial charge on any atom is -0.311 e. The van der Waals surface area contributed by atoms with Gasteiger partial charge in [0.25, 0.3) is 0 Å². The zero-order valence-corrected chi connectivity index (χ0v) is 11.0. The number of hydrogen-bond acceptors (Lipinski definition) is 2. The van der Waals surface area contributed by atoms with E-state index in [0.29, 0.717) is 12.0 Å². The maximum absolute atomic E-state index is 4.77. The van der Waals surface area contributed by atoms with E-state index in [-0.39, 0.29) is 0 Å². The highest BCUT2D eigenvalue weighted by atomic mass is 14.9. The number of rotatable bonds is 3. The van der Waals surface area contributed by atoms with Gasteiger partial charge in [-0.25, -0.2) is 0 Å². The Morgan fingerprint density at radius 3 is 2.53 bits per heavy atom. The van der Waals surface area contributed by atoms with Crippen LogP contribution in [0.5, 0.6) is 0 Å². The Kier molecular flexibility index (Phi) is 3.43. The fourth-order valence-electron chi connectivity index (χ4n) is 2.36. The second-order valence-corrected chi connectivity index (χ2v) is 4.89. The second kappa shape index (κ2) is 4.84. The molecule has 1 aromatic carbocycles. The maximum atomic E-state index is 4.77. The van der Waals surface area contributed by atoms with Gasteiger partial charge in [-0.3, -0.25) is 4.98 Å². The van der Waals surface area contributed by atoms with Gasteiger partial charge in [-0.2, -0.15) is 0 Å². The summed E-state index contributed by atoms with van der Waals surface area (Å²) >= 11 is 0. The molecule has 1 N–H and O–H groups in total. The normalized spacial score (nSPS) is 13.2. The van der Waals surface area contributed by atoms with E-state index in [0.717, 1.165) is 11.2 Å². The van der Waals surface area contributed by atoms with Gasteiger partial charge in [-0.1, -0.05) is 32.0 Å². The fourth-order valence-corrected chi connectivity index (χ4v) is 2.36. The van der Waals surface area contributed by atoms with E-state index < -0.39 is 0 Å². The molecule has 1 heterocycles. The molecule has 2 rings (SSSR count). The van der Waals surface area contributed by atoms with Crippen molar-refractivity contribution in [2.45, 2.75) is 26.8 Å². The van der Waals surface area contributed by atoms with Crippen molar-refractivity contribution in [2.75, 3.05) is 7.05 Å². The molecule has 2 nitrogen and oxygen atoms in total. The number of pyridine rings is 1. The number of nitrogens with one attached hydrogen (secondary N) is 1. The Hall–Kier alpha value is -1.41. The van der Waals surface area contributed by atoms with Crippen LogP contribution in [-0.2, 0) is 0 Å². The number of nitrogens with zero attached hydrogens (tertiary/aromatic N) is 1. The van der Waals surface area contributed by atoms with Crippen LogP contribution in [0.4, 0.5) is 0 Å². The lowest BCUT2D eigenvalue weighted by atomic mass is 9.98. The summed E-state index contributed by atoms with van der Waals surface area (Å²) in [5.41, 5.74) is 3.52. The SMILES string of the molecule is CNC(c1cc(C)c2ccccc2n1)C(C)C. The molecule has 0 saturated heterocycles. The lowest BCUT2D eigenvalue weighted by Gasteiger charge is -2.20. The molecule has 0 aliphatic carbocycles. The van der Waals surface area contributed by atoms with Crippen LogP contribution in [-0.4, -0.2) is 12.0 Å². The molecule has 2 aromatic rings. The Morgan fingerprint density at radius 2 is 1.88 bits per heavy atom. The number of para-hydroxylation sites is 1. The van der Waals surface area contributed by atoms with Gasteiger partial charge in [0.05, 0.1) is 17.3 Å². The van der Waals surface area contributed by atoms with E-state index >= 15 is 0 Å². The summed E-state index contributed by atoms with van der Waals surface area (Å²) in [5, 5.41) is 4.59. The van der Waals surface area contributed by atoms with Crippen LogP contribution in [0.3, 0.4) is 0 Å². The monoisotopic (exact) mass is 228 g/mol. The summed E-state index contributed by atoms with van der Waals surface area (Å²) in [4.78, 5) is 4.77. The minimum atomic E-state index is 0.318. The van der Waals surface area contributed by atoms with Gasteiger partial charge in [-0.05, 0) is 37.6 Å². The molecule has 1 aromatic heterocycles. The van der Waals surface area contributed by atoms with Crippen molar-refractivity contribution in [1.82, 2.24) is 10.3 Å². The van der Waals surface area contributed by atoms with Gasteiger partial charge in [0.2, 0.25) is 0 Å². The zero-order valence-electron chi connectivity index (χ0n) is 11.0. The van der Waals surface area contributed by atoms with E-state index in [4.69, 9.17) is 4.98 Å². The molecule has 0 bridgehead atoms. The number of aromatic nitrogens is 1. The molecule has 90 valence electrons. The molecule has 0 fully saturated rings. The zero-order chi connectivity index (χ0) is 12.4. The van der Waals surface area contributed by atoms with E-state index in [1.807, 2.05) is 13.1 Å². The number of fused-ring (bicyclic) bond motifs is 1. The smallest absolute Gasteiger partial charge is 0.0708 e. The predicted molar refractivity (Wildman–Crippen MR) is 73.1 cm³/mol. The van der Waals surface area contributed by atoms with E-state index in [9.17, 15) is 0 Å². The molecule has 0 saturated carbocycles. The largest absolute Gasteiger partial charge is 0.311 e. The Balaban J connectivity index is 2.56. The molecule has 0 aliphatic heterocycles. The third-order valence-electron chi connectivity index (χ3n) is 3.24. The average molecular weight is 228 g/mol. The maximum Gasteiger partial charge on any atom is 0.0708 e. The van der Waals surface area contributed by atoms with E-state index in [2.05, 4.69) is 50.4 Å². The standard InChI is InChI=1S/C15H20N2/c1-10(2)15(16-4)14-9-11(3)12-7-5-6-8-13(12)17-14/h5-10,15-16H,1-4H3. The molecule has 0 aliphatic rings. The van der Waals surface area contributed by atoms with Gasteiger partial charge >= 0.3 is 0 Å². The topological polar surface area (TPSA) is 24.9 Å². The molecular formula is C15H20N2. The van der Waals surface area contributed by atoms with Crippen molar-refractivity contribution in [3.63, 3.8) is 0 Å². The van der Waals surface area contributed by atoms with Crippen LogP contribution in [0.15, 0.2) is 30.3 Å². The molecule has 2 heteroatoms. The molecule has 1 atom stereocenters. The summed E-state index contributed by atoms with van der Waals surface area (Å²) in [6.45, 7) is 6.58. The third kappa shape index (κ3) is 2.32. The Labute approximate surface area is 103 Å². The summed E-state index contributed by atoms with van der Waals surface area (Å²) in [6.07, 6.45) is 0. The van der Waals surface area contributed by atoms with Crippen molar-refractivity contribution in [1.29, 1.82) is 0 Å². The Morgan fingerprint density at radius 1 is 1.18 bits per heavy atom. The van der Waals surface area contributed by atoms with Gasteiger partial charge < -0.3 is 5.32 Å².